The van der Waals surface area contributed by atoms with Gasteiger partial charge in [0.15, 0.2) is 0 Å². The van der Waals surface area contributed by atoms with Gasteiger partial charge in [-0.15, -0.1) is 0 Å². The van der Waals surface area contributed by atoms with Gasteiger partial charge in [-0.25, -0.2) is 4.98 Å². The fourth-order valence-corrected chi connectivity index (χ4v) is 3.52. The van der Waals surface area contributed by atoms with Crippen LogP contribution < -0.4 is 15.5 Å². The third kappa shape index (κ3) is 4.93. The lowest BCUT2D eigenvalue weighted by molar-refractivity contribution is -0.123. The number of ether oxygens (including phenoxy) is 1. The Bertz CT molecular complexity index is 1020. The van der Waals surface area contributed by atoms with Crippen molar-refractivity contribution >= 4 is 34.1 Å². The van der Waals surface area contributed by atoms with Crippen molar-refractivity contribution in [3.8, 4) is 0 Å². The Morgan fingerprint density at radius 1 is 0.967 bits per heavy atom. The van der Waals surface area contributed by atoms with E-state index in [0.717, 1.165) is 35.1 Å². The van der Waals surface area contributed by atoms with E-state index in [4.69, 9.17) is 4.74 Å². The lowest BCUT2D eigenvalue weighted by Crippen LogP contribution is -2.36. The Hall–Kier alpha value is -3.45. The summed E-state index contributed by atoms with van der Waals surface area (Å²) in [6, 6.07) is 17.5. The van der Waals surface area contributed by atoms with Crippen molar-refractivity contribution in [1.82, 2.24) is 10.3 Å². The van der Waals surface area contributed by atoms with Crippen LogP contribution in [-0.2, 0) is 20.7 Å². The highest BCUT2D eigenvalue weighted by molar-refractivity contribution is 5.95. The first-order valence-corrected chi connectivity index (χ1v) is 10.0. The molecule has 0 saturated carbocycles. The Balaban J connectivity index is 1.27. The van der Waals surface area contributed by atoms with Crippen molar-refractivity contribution in [2.24, 2.45) is 0 Å². The molecule has 3 aromatic rings. The van der Waals surface area contributed by atoms with Crippen molar-refractivity contribution in [1.29, 1.82) is 0 Å². The van der Waals surface area contributed by atoms with Crippen molar-refractivity contribution in [2.75, 3.05) is 43.1 Å². The second-order valence-corrected chi connectivity index (χ2v) is 7.14. The molecule has 0 radical (unpaired) electrons. The van der Waals surface area contributed by atoms with Crippen LogP contribution in [0.25, 0.3) is 10.8 Å². The number of rotatable bonds is 6. The van der Waals surface area contributed by atoms with E-state index < -0.39 is 0 Å². The number of hydrogen-bond donors (Lipinski definition) is 2. The maximum atomic E-state index is 12.3. The van der Waals surface area contributed by atoms with Gasteiger partial charge in [-0.2, -0.15) is 0 Å². The van der Waals surface area contributed by atoms with E-state index in [2.05, 4.69) is 20.5 Å². The molecule has 2 aromatic carbocycles. The number of amides is 2. The average molecular weight is 404 g/mol. The standard InChI is InChI=1S/C23H24N4O3/c28-22(14-18-6-3-5-17-4-1-2-7-20(17)18)25-16-23(29)26-21-9-8-19(15-24-21)27-10-12-30-13-11-27/h1-9,15H,10-14,16H2,(H,25,28)(H,24,26,29). The number of carbonyl (C=O) groups excluding carboxylic acids is 2. The number of morpholine rings is 1. The molecule has 0 spiro atoms. The quantitative estimate of drug-likeness (QED) is 0.659. The summed E-state index contributed by atoms with van der Waals surface area (Å²) in [7, 11) is 0. The minimum atomic E-state index is -0.312. The molecule has 30 heavy (non-hydrogen) atoms. The maximum Gasteiger partial charge on any atom is 0.244 e. The second kappa shape index (κ2) is 9.37. The molecule has 0 atom stereocenters. The van der Waals surface area contributed by atoms with Gasteiger partial charge in [-0.05, 0) is 28.5 Å². The molecule has 0 unspecified atom stereocenters. The summed E-state index contributed by atoms with van der Waals surface area (Å²) >= 11 is 0. The van der Waals surface area contributed by atoms with Gasteiger partial charge in [0.1, 0.15) is 5.82 Å². The summed E-state index contributed by atoms with van der Waals surface area (Å²) in [6.07, 6.45) is 1.96. The number of hydrogen-bond acceptors (Lipinski definition) is 5. The van der Waals surface area contributed by atoms with Gasteiger partial charge in [0.2, 0.25) is 11.8 Å². The fourth-order valence-electron chi connectivity index (χ4n) is 3.52. The SMILES string of the molecule is O=C(Cc1cccc2ccccc12)NCC(=O)Nc1ccc(N2CCOCC2)cn1. The molecule has 7 heteroatoms. The third-order valence-electron chi connectivity index (χ3n) is 5.07. The Morgan fingerprint density at radius 3 is 2.57 bits per heavy atom. The van der Waals surface area contributed by atoms with Crippen LogP contribution >= 0.6 is 0 Å². The third-order valence-corrected chi connectivity index (χ3v) is 5.07. The normalized spacial score (nSPS) is 13.8. The van der Waals surface area contributed by atoms with E-state index in [-0.39, 0.29) is 24.8 Å². The van der Waals surface area contributed by atoms with Crippen LogP contribution in [0.5, 0.6) is 0 Å². The van der Waals surface area contributed by atoms with Crippen LogP contribution in [-0.4, -0.2) is 49.6 Å². The first kappa shape index (κ1) is 19.8. The summed E-state index contributed by atoms with van der Waals surface area (Å²) in [5, 5.41) is 7.53. The lowest BCUT2D eigenvalue weighted by atomic mass is 10.0. The van der Waals surface area contributed by atoms with Crippen molar-refractivity contribution < 1.29 is 14.3 Å². The number of pyridine rings is 1. The van der Waals surface area contributed by atoms with Crippen molar-refractivity contribution in [2.45, 2.75) is 6.42 Å². The first-order chi connectivity index (χ1) is 14.7. The Labute approximate surface area is 175 Å². The fraction of sp³-hybridized carbons (Fsp3) is 0.261. The summed E-state index contributed by atoms with van der Waals surface area (Å²) < 4.78 is 5.35. The highest BCUT2D eigenvalue weighted by atomic mass is 16.5. The second-order valence-electron chi connectivity index (χ2n) is 7.14. The molecule has 0 aliphatic carbocycles. The Morgan fingerprint density at radius 2 is 1.77 bits per heavy atom. The van der Waals surface area contributed by atoms with Crippen LogP contribution in [0.15, 0.2) is 60.8 Å². The maximum absolute atomic E-state index is 12.3. The molecule has 1 fully saturated rings. The Kier molecular flexibility index (Phi) is 6.20. The molecule has 2 heterocycles. The molecule has 0 bridgehead atoms. The zero-order chi connectivity index (χ0) is 20.8. The average Bonchev–Trinajstić information content (AvgIpc) is 2.79. The molecular formula is C23H24N4O3. The van der Waals surface area contributed by atoms with Crippen LogP contribution in [0.3, 0.4) is 0 Å². The summed E-state index contributed by atoms with van der Waals surface area (Å²) in [4.78, 5) is 31.0. The lowest BCUT2D eigenvalue weighted by Gasteiger charge is -2.28. The van der Waals surface area contributed by atoms with Gasteiger partial charge in [0.25, 0.3) is 0 Å². The molecule has 154 valence electrons. The van der Waals surface area contributed by atoms with E-state index in [9.17, 15) is 9.59 Å². The molecule has 4 rings (SSSR count). The number of fused-ring (bicyclic) bond motifs is 1. The minimum absolute atomic E-state index is 0.101. The van der Waals surface area contributed by atoms with Gasteiger partial charge in [-0.1, -0.05) is 42.5 Å². The number of carbonyl (C=O) groups is 2. The van der Waals surface area contributed by atoms with Gasteiger partial charge in [0, 0.05) is 13.1 Å². The topological polar surface area (TPSA) is 83.6 Å². The van der Waals surface area contributed by atoms with Crippen LogP contribution in [0.2, 0.25) is 0 Å². The van der Waals surface area contributed by atoms with Crippen LogP contribution in [0, 0.1) is 0 Å². The summed E-state index contributed by atoms with van der Waals surface area (Å²) in [5.41, 5.74) is 1.94. The van der Waals surface area contributed by atoms with E-state index in [0.29, 0.717) is 19.0 Å². The largest absolute Gasteiger partial charge is 0.378 e. The summed E-state index contributed by atoms with van der Waals surface area (Å²) in [5.74, 6) is -0.0506. The molecule has 1 aliphatic heterocycles. The molecular weight excluding hydrogens is 380 g/mol. The molecule has 2 amide bonds. The molecule has 1 aromatic heterocycles. The van der Waals surface area contributed by atoms with Gasteiger partial charge in [-0.3, -0.25) is 9.59 Å². The monoisotopic (exact) mass is 404 g/mol. The molecule has 1 aliphatic rings. The van der Waals surface area contributed by atoms with Crippen molar-refractivity contribution in [3.05, 3.63) is 66.4 Å². The number of nitrogens with one attached hydrogen (secondary N) is 2. The van der Waals surface area contributed by atoms with Crippen LogP contribution in [0.4, 0.5) is 11.5 Å². The predicted octanol–water partition coefficient (Wildman–Crippen LogP) is 2.37. The summed E-state index contributed by atoms with van der Waals surface area (Å²) in [6.45, 7) is 2.97. The van der Waals surface area contributed by atoms with E-state index in [1.807, 2.05) is 48.5 Å². The predicted molar refractivity (Wildman–Crippen MR) is 117 cm³/mol. The van der Waals surface area contributed by atoms with Crippen LogP contribution in [0.1, 0.15) is 5.56 Å². The van der Waals surface area contributed by atoms with E-state index >= 15 is 0 Å². The smallest absolute Gasteiger partial charge is 0.244 e. The molecule has 1 saturated heterocycles. The highest BCUT2D eigenvalue weighted by Crippen LogP contribution is 2.19. The molecule has 2 N–H and O–H groups in total. The van der Waals surface area contributed by atoms with Gasteiger partial charge in [0.05, 0.1) is 38.1 Å². The highest BCUT2D eigenvalue weighted by Gasteiger charge is 2.12. The number of anilines is 2. The van der Waals surface area contributed by atoms with Gasteiger partial charge >= 0.3 is 0 Å². The number of nitrogens with zero attached hydrogens (tertiary/aromatic N) is 2. The van der Waals surface area contributed by atoms with Crippen molar-refractivity contribution in [3.63, 3.8) is 0 Å². The number of aromatic nitrogens is 1. The minimum Gasteiger partial charge on any atom is -0.378 e. The number of benzene rings is 2. The van der Waals surface area contributed by atoms with E-state index in [1.54, 1.807) is 12.3 Å². The molecule has 7 nitrogen and oxygen atoms in total. The first-order valence-electron chi connectivity index (χ1n) is 10.0. The van der Waals surface area contributed by atoms with E-state index in [1.165, 1.54) is 0 Å². The van der Waals surface area contributed by atoms with Gasteiger partial charge < -0.3 is 20.3 Å². The zero-order valence-electron chi connectivity index (χ0n) is 16.6. The zero-order valence-corrected chi connectivity index (χ0v) is 16.6.